The molecular weight excluding hydrogens is 254 g/mol. The molecule has 1 rings (SSSR count). The monoisotopic (exact) mass is 265 g/mol. The fourth-order valence-corrected chi connectivity index (χ4v) is 1.22. The smallest absolute Gasteiger partial charge is 0.417 e. The topological polar surface area (TPSA) is 49.3 Å². The van der Waals surface area contributed by atoms with Crippen molar-refractivity contribution in [3.8, 4) is 0 Å². The standard InChI is InChI=1S/C11H11F4NO2/c1-10(9(17)18,11(13,14)15)16-6-7-3-2-4-8(12)5-7/h2-5,16H,6H2,1H3,(H,17,18). The number of halogens is 4. The summed E-state index contributed by atoms with van der Waals surface area (Å²) in [6.45, 7) is 0.120. The average Bonchev–Trinajstić information content (AvgIpc) is 2.24. The van der Waals surface area contributed by atoms with Crippen LogP contribution in [-0.2, 0) is 11.3 Å². The molecule has 0 aliphatic carbocycles. The lowest BCUT2D eigenvalue weighted by Crippen LogP contribution is -2.59. The van der Waals surface area contributed by atoms with E-state index in [0.717, 1.165) is 12.1 Å². The summed E-state index contributed by atoms with van der Waals surface area (Å²) in [6, 6.07) is 4.90. The van der Waals surface area contributed by atoms with Crippen LogP contribution in [0, 0.1) is 5.82 Å². The van der Waals surface area contributed by atoms with E-state index in [0.29, 0.717) is 6.92 Å². The first-order valence-corrected chi connectivity index (χ1v) is 4.96. The zero-order valence-corrected chi connectivity index (χ0v) is 9.38. The zero-order valence-electron chi connectivity index (χ0n) is 9.38. The van der Waals surface area contributed by atoms with Gasteiger partial charge in [0.1, 0.15) is 5.82 Å². The number of carboxylic acids is 1. The third kappa shape index (κ3) is 2.98. The fourth-order valence-electron chi connectivity index (χ4n) is 1.22. The second-order valence-corrected chi connectivity index (χ2v) is 3.91. The van der Waals surface area contributed by atoms with Gasteiger partial charge >= 0.3 is 12.1 Å². The van der Waals surface area contributed by atoms with Crippen LogP contribution in [0.15, 0.2) is 24.3 Å². The normalized spacial score (nSPS) is 15.2. The molecule has 2 N–H and O–H groups in total. The van der Waals surface area contributed by atoms with Gasteiger partial charge in [0, 0.05) is 6.54 Å². The average molecular weight is 265 g/mol. The first-order valence-electron chi connectivity index (χ1n) is 4.96. The number of alkyl halides is 3. The molecule has 0 radical (unpaired) electrons. The number of hydrogen-bond donors (Lipinski definition) is 2. The van der Waals surface area contributed by atoms with Crippen molar-refractivity contribution in [3.05, 3.63) is 35.6 Å². The third-order valence-corrected chi connectivity index (χ3v) is 2.53. The number of rotatable bonds is 4. The van der Waals surface area contributed by atoms with Gasteiger partial charge in [0.2, 0.25) is 5.54 Å². The second kappa shape index (κ2) is 4.93. The van der Waals surface area contributed by atoms with E-state index in [4.69, 9.17) is 5.11 Å². The van der Waals surface area contributed by atoms with Crippen LogP contribution in [0.3, 0.4) is 0 Å². The summed E-state index contributed by atoms with van der Waals surface area (Å²) in [5.41, 5.74) is -2.84. The van der Waals surface area contributed by atoms with Crippen LogP contribution >= 0.6 is 0 Å². The highest BCUT2D eigenvalue weighted by atomic mass is 19.4. The maximum absolute atomic E-state index is 12.8. The highest BCUT2D eigenvalue weighted by Gasteiger charge is 2.57. The van der Waals surface area contributed by atoms with Gasteiger partial charge in [-0.05, 0) is 24.6 Å². The van der Waals surface area contributed by atoms with Gasteiger partial charge in [-0.2, -0.15) is 13.2 Å². The molecule has 18 heavy (non-hydrogen) atoms. The van der Waals surface area contributed by atoms with Crippen molar-refractivity contribution in [2.45, 2.75) is 25.2 Å². The number of carbonyl (C=O) groups is 1. The summed E-state index contributed by atoms with van der Waals surface area (Å²) in [7, 11) is 0. The molecule has 0 heterocycles. The second-order valence-electron chi connectivity index (χ2n) is 3.91. The number of nitrogens with one attached hydrogen (secondary N) is 1. The Kier molecular flexibility index (Phi) is 3.95. The maximum Gasteiger partial charge on any atom is 0.417 e. The number of benzene rings is 1. The van der Waals surface area contributed by atoms with Gasteiger partial charge in [-0.1, -0.05) is 12.1 Å². The lowest BCUT2D eigenvalue weighted by atomic mass is 10.0. The largest absolute Gasteiger partial charge is 0.480 e. The minimum absolute atomic E-state index is 0.228. The zero-order chi connectivity index (χ0) is 14.0. The van der Waals surface area contributed by atoms with Gasteiger partial charge in [-0.15, -0.1) is 0 Å². The quantitative estimate of drug-likeness (QED) is 0.821. The molecule has 1 aromatic rings. The number of carboxylic acid groups (broad SMARTS) is 1. The molecule has 7 heteroatoms. The number of aliphatic carboxylic acids is 1. The van der Waals surface area contributed by atoms with E-state index in [2.05, 4.69) is 0 Å². The van der Waals surface area contributed by atoms with Crippen molar-refractivity contribution in [3.63, 3.8) is 0 Å². The van der Waals surface area contributed by atoms with Gasteiger partial charge < -0.3 is 5.11 Å². The Labute approximate surface area is 100 Å². The summed E-state index contributed by atoms with van der Waals surface area (Å²) >= 11 is 0. The predicted octanol–water partition coefficient (Wildman–Crippen LogP) is 2.32. The van der Waals surface area contributed by atoms with Crippen molar-refractivity contribution in [2.24, 2.45) is 0 Å². The van der Waals surface area contributed by atoms with Crippen LogP contribution in [0.25, 0.3) is 0 Å². The third-order valence-electron chi connectivity index (χ3n) is 2.53. The van der Waals surface area contributed by atoms with E-state index in [9.17, 15) is 22.4 Å². The van der Waals surface area contributed by atoms with Gasteiger partial charge in [0.25, 0.3) is 0 Å². The Hall–Kier alpha value is -1.63. The predicted molar refractivity (Wildman–Crippen MR) is 55.3 cm³/mol. The van der Waals surface area contributed by atoms with Gasteiger partial charge in [-0.25, -0.2) is 9.18 Å². The Morgan fingerprint density at radius 1 is 1.39 bits per heavy atom. The molecule has 0 aromatic heterocycles. The van der Waals surface area contributed by atoms with Gasteiger partial charge in [0.15, 0.2) is 0 Å². The fraction of sp³-hybridized carbons (Fsp3) is 0.364. The molecule has 1 aromatic carbocycles. The minimum atomic E-state index is -4.95. The molecule has 3 nitrogen and oxygen atoms in total. The minimum Gasteiger partial charge on any atom is -0.480 e. The first-order chi connectivity index (χ1) is 8.17. The van der Waals surface area contributed by atoms with Crippen molar-refractivity contribution < 1.29 is 27.5 Å². The molecule has 1 unspecified atom stereocenters. The first kappa shape index (κ1) is 14.4. The summed E-state index contributed by atoms with van der Waals surface area (Å²) in [5.74, 6) is -2.63. The van der Waals surface area contributed by atoms with Crippen molar-refractivity contribution >= 4 is 5.97 Å². The van der Waals surface area contributed by atoms with Crippen LogP contribution < -0.4 is 5.32 Å². The van der Waals surface area contributed by atoms with E-state index in [1.165, 1.54) is 12.1 Å². The Morgan fingerprint density at radius 3 is 2.44 bits per heavy atom. The van der Waals surface area contributed by atoms with Crippen molar-refractivity contribution in [1.29, 1.82) is 0 Å². The van der Waals surface area contributed by atoms with Crippen molar-refractivity contribution in [1.82, 2.24) is 5.32 Å². The number of hydrogen-bond acceptors (Lipinski definition) is 2. The van der Waals surface area contributed by atoms with Crippen molar-refractivity contribution in [2.75, 3.05) is 0 Å². The lowest BCUT2D eigenvalue weighted by molar-refractivity contribution is -0.206. The SMILES string of the molecule is CC(NCc1cccc(F)c1)(C(=O)O)C(F)(F)F. The van der Waals surface area contributed by atoms with Crippen LogP contribution in [0.1, 0.15) is 12.5 Å². The Bertz CT molecular complexity index is 447. The lowest BCUT2D eigenvalue weighted by Gasteiger charge is -2.28. The molecule has 0 amide bonds. The molecule has 0 bridgehead atoms. The summed E-state index contributed by atoms with van der Waals surface area (Å²) in [5, 5.41) is 10.5. The summed E-state index contributed by atoms with van der Waals surface area (Å²) < 4.78 is 50.7. The molecular formula is C11H11F4NO2. The van der Waals surface area contributed by atoms with E-state index in [-0.39, 0.29) is 5.56 Å². The molecule has 0 saturated carbocycles. The molecule has 1 atom stereocenters. The molecule has 100 valence electrons. The Balaban J connectivity index is 2.85. The molecule has 0 fully saturated rings. The Morgan fingerprint density at radius 2 is 2.00 bits per heavy atom. The van der Waals surface area contributed by atoms with Crippen LogP contribution in [0.4, 0.5) is 17.6 Å². The van der Waals surface area contributed by atoms with E-state index < -0.39 is 30.0 Å². The van der Waals surface area contributed by atoms with E-state index >= 15 is 0 Å². The van der Waals surface area contributed by atoms with Crippen LogP contribution in [0.5, 0.6) is 0 Å². The van der Waals surface area contributed by atoms with Gasteiger partial charge in [-0.3, -0.25) is 5.32 Å². The van der Waals surface area contributed by atoms with Crippen LogP contribution in [0.2, 0.25) is 0 Å². The highest BCUT2D eigenvalue weighted by Crippen LogP contribution is 2.30. The molecule has 0 aliphatic heterocycles. The maximum atomic E-state index is 12.8. The highest BCUT2D eigenvalue weighted by molar-refractivity contribution is 5.79. The molecule has 0 aliphatic rings. The molecule has 0 saturated heterocycles. The van der Waals surface area contributed by atoms with E-state index in [1.54, 1.807) is 0 Å². The molecule has 0 spiro atoms. The van der Waals surface area contributed by atoms with E-state index in [1.807, 2.05) is 5.32 Å². The van der Waals surface area contributed by atoms with Crippen LogP contribution in [-0.4, -0.2) is 22.8 Å². The van der Waals surface area contributed by atoms with Gasteiger partial charge in [0.05, 0.1) is 0 Å². The summed E-state index contributed by atoms with van der Waals surface area (Å²) in [6.07, 6.45) is -4.95. The summed E-state index contributed by atoms with van der Waals surface area (Å²) in [4.78, 5) is 10.7.